The second kappa shape index (κ2) is 6.26. The van der Waals surface area contributed by atoms with Crippen LogP contribution in [-0.4, -0.2) is 28.6 Å². The number of hydrogen-bond acceptors (Lipinski definition) is 3. The molecule has 1 atom stereocenters. The van der Waals surface area contributed by atoms with Gasteiger partial charge in [0.25, 0.3) is 0 Å². The van der Waals surface area contributed by atoms with Gasteiger partial charge in [0.05, 0.1) is 4.90 Å². The third-order valence-electron chi connectivity index (χ3n) is 2.61. The maximum atomic E-state index is 13.1. The summed E-state index contributed by atoms with van der Waals surface area (Å²) in [6.07, 6.45) is 0. The van der Waals surface area contributed by atoms with E-state index in [-0.39, 0.29) is 10.8 Å². The molecule has 0 aliphatic carbocycles. The van der Waals surface area contributed by atoms with E-state index in [2.05, 4.69) is 10.0 Å². The molecule has 0 aliphatic rings. The van der Waals surface area contributed by atoms with Gasteiger partial charge in [-0.3, -0.25) is 0 Å². The molecule has 0 saturated heterocycles. The molecule has 0 fully saturated rings. The molecule has 0 aliphatic heterocycles. The van der Waals surface area contributed by atoms with Gasteiger partial charge in [-0.15, -0.1) is 0 Å². The number of sulfonamides is 1. The lowest BCUT2D eigenvalue weighted by molar-refractivity contribution is 0.518. The van der Waals surface area contributed by atoms with Crippen LogP contribution in [0, 0.1) is 18.7 Å². The SMILES string of the molecule is CNCC(C)CNS(=O)(=O)c1cc(F)ccc1C. The van der Waals surface area contributed by atoms with Gasteiger partial charge in [0.1, 0.15) is 5.82 Å². The average molecular weight is 274 g/mol. The van der Waals surface area contributed by atoms with Crippen molar-refractivity contribution in [2.75, 3.05) is 20.1 Å². The van der Waals surface area contributed by atoms with Gasteiger partial charge >= 0.3 is 0 Å². The molecular formula is C12H19FN2O2S. The molecule has 1 rings (SSSR count). The molecular weight excluding hydrogens is 255 g/mol. The Morgan fingerprint density at radius 1 is 1.33 bits per heavy atom. The van der Waals surface area contributed by atoms with E-state index < -0.39 is 15.8 Å². The summed E-state index contributed by atoms with van der Waals surface area (Å²) < 4.78 is 39.6. The number of nitrogens with one attached hydrogen (secondary N) is 2. The molecule has 0 saturated carbocycles. The number of halogens is 1. The van der Waals surface area contributed by atoms with Gasteiger partial charge in [-0.2, -0.15) is 0 Å². The maximum absolute atomic E-state index is 13.1. The molecule has 18 heavy (non-hydrogen) atoms. The van der Waals surface area contributed by atoms with Gasteiger partial charge in [-0.1, -0.05) is 13.0 Å². The predicted molar refractivity (Wildman–Crippen MR) is 69.4 cm³/mol. The van der Waals surface area contributed by atoms with E-state index in [1.807, 2.05) is 14.0 Å². The quantitative estimate of drug-likeness (QED) is 0.821. The Labute approximate surface area is 108 Å². The van der Waals surface area contributed by atoms with Crippen LogP contribution in [0.1, 0.15) is 12.5 Å². The Morgan fingerprint density at radius 3 is 2.61 bits per heavy atom. The minimum absolute atomic E-state index is 0.000780. The molecule has 1 unspecified atom stereocenters. The zero-order valence-corrected chi connectivity index (χ0v) is 11.6. The smallest absolute Gasteiger partial charge is 0.240 e. The van der Waals surface area contributed by atoms with Crippen LogP contribution in [0.5, 0.6) is 0 Å². The molecule has 0 radical (unpaired) electrons. The lowest BCUT2D eigenvalue weighted by Crippen LogP contribution is -2.32. The topological polar surface area (TPSA) is 58.2 Å². The van der Waals surface area contributed by atoms with E-state index in [0.29, 0.717) is 18.7 Å². The minimum atomic E-state index is -3.64. The van der Waals surface area contributed by atoms with E-state index in [1.165, 1.54) is 12.1 Å². The number of aryl methyl sites for hydroxylation is 1. The van der Waals surface area contributed by atoms with Gasteiger partial charge in [0.15, 0.2) is 0 Å². The summed E-state index contributed by atoms with van der Waals surface area (Å²) in [5.74, 6) is -0.386. The monoisotopic (exact) mass is 274 g/mol. The standard InChI is InChI=1S/C12H19FN2O2S/c1-9(7-14-3)8-15-18(16,17)12-6-11(13)5-4-10(12)2/h4-6,9,14-15H,7-8H2,1-3H3. The van der Waals surface area contributed by atoms with E-state index in [1.54, 1.807) is 6.92 Å². The Balaban J connectivity index is 2.83. The molecule has 6 heteroatoms. The first-order valence-electron chi connectivity index (χ1n) is 5.77. The fourth-order valence-corrected chi connectivity index (χ4v) is 3.03. The van der Waals surface area contributed by atoms with Crippen LogP contribution < -0.4 is 10.0 Å². The second-order valence-corrected chi connectivity index (χ2v) is 6.16. The third kappa shape index (κ3) is 4.04. The van der Waals surface area contributed by atoms with Crippen molar-refractivity contribution in [1.82, 2.24) is 10.0 Å². The van der Waals surface area contributed by atoms with Crippen molar-refractivity contribution in [3.63, 3.8) is 0 Å². The highest BCUT2D eigenvalue weighted by Gasteiger charge is 2.18. The average Bonchev–Trinajstić information content (AvgIpc) is 2.30. The van der Waals surface area contributed by atoms with Gasteiger partial charge in [-0.25, -0.2) is 17.5 Å². The molecule has 0 amide bonds. The number of rotatable bonds is 6. The molecule has 0 spiro atoms. The first kappa shape index (κ1) is 15.1. The number of hydrogen-bond donors (Lipinski definition) is 2. The van der Waals surface area contributed by atoms with E-state index in [4.69, 9.17) is 0 Å². The van der Waals surface area contributed by atoms with Crippen molar-refractivity contribution in [3.8, 4) is 0 Å². The van der Waals surface area contributed by atoms with Crippen LogP contribution in [0.2, 0.25) is 0 Å². The van der Waals surface area contributed by atoms with Crippen molar-refractivity contribution >= 4 is 10.0 Å². The Bertz CT molecular complexity index is 503. The predicted octanol–water partition coefficient (Wildman–Crippen LogP) is 1.27. The summed E-state index contributed by atoms with van der Waals surface area (Å²) in [6.45, 7) is 4.60. The van der Waals surface area contributed by atoms with Crippen molar-refractivity contribution < 1.29 is 12.8 Å². The minimum Gasteiger partial charge on any atom is -0.319 e. The Hall–Kier alpha value is -0.980. The largest absolute Gasteiger partial charge is 0.319 e. The normalized spacial score (nSPS) is 13.6. The lowest BCUT2D eigenvalue weighted by atomic mass is 10.2. The van der Waals surface area contributed by atoms with Crippen LogP contribution in [0.15, 0.2) is 23.1 Å². The lowest BCUT2D eigenvalue weighted by Gasteiger charge is -2.13. The molecule has 102 valence electrons. The number of benzene rings is 1. The van der Waals surface area contributed by atoms with Gasteiger partial charge < -0.3 is 5.32 Å². The van der Waals surface area contributed by atoms with Crippen LogP contribution in [0.3, 0.4) is 0 Å². The highest BCUT2D eigenvalue weighted by Crippen LogP contribution is 2.16. The molecule has 2 N–H and O–H groups in total. The summed E-state index contributed by atoms with van der Waals surface area (Å²) in [5.41, 5.74) is 0.533. The Kier molecular flexibility index (Phi) is 5.25. The maximum Gasteiger partial charge on any atom is 0.240 e. The fourth-order valence-electron chi connectivity index (χ4n) is 1.61. The van der Waals surface area contributed by atoms with Crippen molar-refractivity contribution in [2.45, 2.75) is 18.7 Å². The molecule has 1 aromatic carbocycles. The first-order chi connectivity index (χ1) is 8.36. The zero-order valence-electron chi connectivity index (χ0n) is 10.8. The first-order valence-corrected chi connectivity index (χ1v) is 7.25. The molecule has 0 aromatic heterocycles. The van der Waals surface area contributed by atoms with E-state index in [9.17, 15) is 12.8 Å². The van der Waals surface area contributed by atoms with Crippen molar-refractivity contribution in [3.05, 3.63) is 29.6 Å². The van der Waals surface area contributed by atoms with E-state index >= 15 is 0 Å². The highest BCUT2D eigenvalue weighted by molar-refractivity contribution is 7.89. The van der Waals surface area contributed by atoms with Crippen LogP contribution in [0.25, 0.3) is 0 Å². The summed E-state index contributed by atoms with van der Waals surface area (Å²) >= 11 is 0. The third-order valence-corrected chi connectivity index (χ3v) is 4.18. The molecule has 0 bridgehead atoms. The molecule has 1 aromatic rings. The zero-order chi connectivity index (χ0) is 13.8. The molecule has 0 heterocycles. The van der Waals surface area contributed by atoms with Crippen LogP contribution in [0.4, 0.5) is 4.39 Å². The highest BCUT2D eigenvalue weighted by atomic mass is 32.2. The molecule has 4 nitrogen and oxygen atoms in total. The summed E-state index contributed by atoms with van der Waals surface area (Å²) in [4.78, 5) is -0.000780. The van der Waals surface area contributed by atoms with Crippen LogP contribution >= 0.6 is 0 Å². The van der Waals surface area contributed by atoms with Gasteiger partial charge in [-0.05, 0) is 44.1 Å². The van der Waals surface area contributed by atoms with Crippen LogP contribution in [-0.2, 0) is 10.0 Å². The van der Waals surface area contributed by atoms with Crippen molar-refractivity contribution in [2.24, 2.45) is 5.92 Å². The fraction of sp³-hybridized carbons (Fsp3) is 0.500. The Morgan fingerprint density at radius 2 is 2.00 bits per heavy atom. The van der Waals surface area contributed by atoms with E-state index in [0.717, 1.165) is 6.07 Å². The van der Waals surface area contributed by atoms with Gasteiger partial charge in [0, 0.05) is 6.54 Å². The van der Waals surface area contributed by atoms with Crippen molar-refractivity contribution in [1.29, 1.82) is 0 Å². The summed E-state index contributed by atoms with van der Waals surface area (Å²) in [7, 11) is -1.84. The summed E-state index contributed by atoms with van der Waals surface area (Å²) in [6, 6.07) is 3.75. The summed E-state index contributed by atoms with van der Waals surface area (Å²) in [5, 5.41) is 2.97. The second-order valence-electron chi connectivity index (χ2n) is 4.42. The van der Waals surface area contributed by atoms with Gasteiger partial charge in [0.2, 0.25) is 10.0 Å².